The van der Waals surface area contributed by atoms with Gasteiger partial charge in [-0.15, -0.1) is 0 Å². The van der Waals surface area contributed by atoms with Gasteiger partial charge in [0.15, 0.2) is 0 Å². The number of hydrogen-bond acceptors (Lipinski definition) is 2. The first-order valence-electron chi connectivity index (χ1n) is 8.69. The molecular formula is C18H24N4O. The summed E-state index contributed by atoms with van der Waals surface area (Å²) in [6.07, 6.45) is 10.2. The van der Waals surface area contributed by atoms with E-state index in [1.807, 2.05) is 0 Å². The summed E-state index contributed by atoms with van der Waals surface area (Å²) in [5, 5.41) is 0. The van der Waals surface area contributed by atoms with Gasteiger partial charge in [-0.2, -0.15) is 0 Å². The Morgan fingerprint density at radius 3 is 3.04 bits per heavy atom. The van der Waals surface area contributed by atoms with E-state index in [9.17, 15) is 4.79 Å². The average Bonchev–Trinajstić information content (AvgIpc) is 3.22. The number of nitrogens with zero attached hydrogens (tertiary/aromatic N) is 3. The van der Waals surface area contributed by atoms with E-state index >= 15 is 0 Å². The number of fused-ring (bicyclic) bond motifs is 1. The molecule has 1 fully saturated rings. The molecule has 4 rings (SSSR count). The largest absolute Gasteiger partial charge is 0.353 e. The highest BCUT2D eigenvalue weighted by Crippen LogP contribution is 2.37. The SMILES string of the molecule is Cn1cccc1C1CCCCN1C(=O)C1CCCc2[nH]cnc21. The summed E-state index contributed by atoms with van der Waals surface area (Å²) in [7, 11) is 2.07. The van der Waals surface area contributed by atoms with Crippen LogP contribution in [0.3, 0.4) is 0 Å². The molecule has 23 heavy (non-hydrogen) atoms. The van der Waals surface area contributed by atoms with Gasteiger partial charge < -0.3 is 14.5 Å². The summed E-state index contributed by atoms with van der Waals surface area (Å²) < 4.78 is 2.15. The number of carbonyl (C=O) groups excluding carboxylic acids is 1. The summed E-state index contributed by atoms with van der Waals surface area (Å²) in [6, 6.07) is 4.43. The second kappa shape index (κ2) is 5.87. The molecule has 1 saturated heterocycles. The molecule has 2 unspecified atom stereocenters. The van der Waals surface area contributed by atoms with E-state index in [4.69, 9.17) is 0 Å². The molecule has 1 aliphatic carbocycles. The predicted octanol–water partition coefficient (Wildman–Crippen LogP) is 2.92. The summed E-state index contributed by atoms with van der Waals surface area (Å²) in [4.78, 5) is 23.1. The first-order valence-corrected chi connectivity index (χ1v) is 8.69. The zero-order chi connectivity index (χ0) is 15.8. The van der Waals surface area contributed by atoms with Gasteiger partial charge in [0.05, 0.1) is 24.0 Å². The zero-order valence-electron chi connectivity index (χ0n) is 13.7. The fraction of sp³-hybridized carbons (Fsp3) is 0.556. The maximum absolute atomic E-state index is 13.3. The van der Waals surface area contributed by atoms with Crippen LogP contribution in [0.25, 0.3) is 0 Å². The van der Waals surface area contributed by atoms with Crippen LogP contribution < -0.4 is 0 Å². The molecule has 0 aromatic carbocycles. The molecule has 5 heteroatoms. The minimum Gasteiger partial charge on any atom is -0.353 e. The lowest BCUT2D eigenvalue weighted by molar-refractivity contribution is -0.137. The number of hydrogen-bond donors (Lipinski definition) is 1. The van der Waals surface area contributed by atoms with Crippen LogP contribution in [0.4, 0.5) is 0 Å². The normalized spacial score (nSPS) is 24.5. The second-order valence-corrected chi connectivity index (χ2v) is 6.80. The maximum atomic E-state index is 13.3. The lowest BCUT2D eigenvalue weighted by Crippen LogP contribution is -2.42. The Morgan fingerprint density at radius 1 is 1.30 bits per heavy atom. The zero-order valence-corrected chi connectivity index (χ0v) is 13.7. The van der Waals surface area contributed by atoms with E-state index in [1.165, 1.54) is 12.1 Å². The molecule has 2 atom stereocenters. The summed E-state index contributed by atoms with van der Waals surface area (Å²) in [6.45, 7) is 0.866. The van der Waals surface area contributed by atoms with E-state index in [1.54, 1.807) is 6.33 Å². The van der Waals surface area contributed by atoms with Crippen molar-refractivity contribution in [2.24, 2.45) is 7.05 Å². The van der Waals surface area contributed by atoms with Crippen LogP contribution in [-0.2, 0) is 18.3 Å². The molecule has 1 aliphatic heterocycles. The Bertz CT molecular complexity index is 701. The number of likely N-dealkylation sites (tertiary alicyclic amines) is 1. The van der Waals surface area contributed by atoms with Crippen LogP contribution in [0, 0.1) is 0 Å². The lowest BCUT2D eigenvalue weighted by Gasteiger charge is -2.38. The van der Waals surface area contributed by atoms with Crippen molar-refractivity contribution in [3.63, 3.8) is 0 Å². The van der Waals surface area contributed by atoms with Crippen LogP contribution in [0.2, 0.25) is 0 Å². The van der Waals surface area contributed by atoms with Crippen molar-refractivity contribution >= 4 is 5.91 Å². The lowest BCUT2D eigenvalue weighted by atomic mass is 9.87. The van der Waals surface area contributed by atoms with Gasteiger partial charge in [0.1, 0.15) is 0 Å². The topological polar surface area (TPSA) is 53.9 Å². The third-order valence-electron chi connectivity index (χ3n) is 5.41. The number of piperidine rings is 1. The minimum atomic E-state index is -0.0640. The molecule has 0 saturated carbocycles. The number of nitrogens with one attached hydrogen (secondary N) is 1. The van der Waals surface area contributed by atoms with Gasteiger partial charge in [0.25, 0.3) is 0 Å². The van der Waals surface area contributed by atoms with E-state index in [-0.39, 0.29) is 17.9 Å². The van der Waals surface area contributed by atoms with Crippen LogP contribution >= 0.6 is 0 Å². The number of aromatic nitrogens is 3. The molecule has 0 spiro atoms. The second-order valence-electron chi connectivity index (χ2n) is 6.80. The minimum absolute atomic E-state index is 0.0640. The first-order chi connectivity index (χ1) is 11.3. The Kier molecular flexibility index (Phi) is 3.71. The van der Waals surface area contributed by atoms with Crippen molar-refractivity contribution in [3.8, 4) is 0 Å². The fourth-order valence-electron chi connectivity index (χ4n) is 4.22. The third-order valence-corrected chi connectivity index (χ3v) is 5.41. The van der Waals surface area contributed by atoms with Crippen molar-refractivity contribution in [2.75, 3.05) is 6.54 Å². The summed E-state index contributed by atoms with van der Waals surface area (Å²) in [5.74, 6) is 0.204. The highest BCUT2D eigenvalue weighted by Gasteiger charge is 2.36. The molecule has 5 nitrogen and oxygen atoms in total. The molecular weight excluding hydrogens is 288 g/mol. The van der Waals surface area contributed by atoms with Gasteiger partial charge in [-0.25, -0.2) is 4.98 Å². The molecule has 2 aromatic rings. The van der Waals surface area contributed by atoms with E-state index in [0.717, 1.165) is 50.0 Å². The molecule has 3 heterocycles. The molecule has 1 amide bonds. The van der Waals surface area contributed by atoms with Gasteiger partial charge in [0, 0.05) is 31.2 Å². The van der Waals surface area contributed by atoms with Crippen molar-refractivity contribution in [1.29, 1.82) is 0 Å². The summed E-state index contributed by atoms with van der Waals surface area (Å²) >= 11 is 0. The van der Waals surface area contributed by atoms with Crippen molar-refractivity contribution < 1.29 is 4.79 Å². The average molecular weight is 312 g/mol. The Balaban J connectivity index is 1.63. The van der Waals surface area contributed by atoms with Gasteiger partial charge >= 0.3 is 0 Å². The van der Waals surface area contributed by atoms with Crippen LogP contribution in [0.5, 0.6) is 0 Å². The monoisotopic (exact) mass is 312 g/mol. The number of rotatable bonds is 2. The van der Waals surface area contributed by atoms with Gasteiger partial charge in [0.2, 0.25) is 5.91 Å². The highest BCUT2D eigenvalue weighted by atomic mass is 16.2. The van der Waals surface area contributed by atoms with Crippen LogP contribution in [-0.4, -0.2) is 31.9 Å². The van der Waals surface area contributed by atoms with E-state index < -0.39 is 0 Å². The molecule has 0 bridgehead atoms. The third kappa shape index (κ3) is 2.48. The van der Waals surface area contributed by atoms with Gasteiger partial charge in [-0.05, 0) is 50.7 Å². The quantitative estimate of drug-likeness (QED) is 0.927. The Hall–Kier alpha value is -2.04. The van der Waals surface area contributed by atoms with Crippen molar-refractivity contribution in [2.45, 2.75) is 50.5 Å². The smallest absolute Gasteiger partial charge is 0.232 e. The van der Waals surface area contributed by atoms with Gasteiger partial charge in [-0.3, -0.25) is 4.79 Å². The van der Waals surface area contributed by atoms with Crippen LogP contribution in [0.1, 0.15) is 61.1 Å². The predicted molar refractivity (Wildman–Crippen MR) is 88.0 cm³/mol. The van der Waals surface area contributed by atoms with Crippen molar-refractivity contribution in [1.82, 2.24) is 19.4 Å². The number of amides is 1. The molecule has 122 valence electrons. The Labute approximate surface area is 136 Å². The van der Waals surface area contributed by atoms with E-state index in [2.05, 4.69) is 44.8 Å². The standard InChI is InChI=1S/C18H24N4O/c1-21-10-5-9-15(21)16-8-2-3-11-22(16)18(23)13-6-4-7-14-17(13)20-12-19-14/h5,9-10,12-13,16H,2-4,6-8,11H2,1H3,(H,19,20). The number of imidazole rings is 1. The summed E-state index contributed by atoms with van der Waals surface area (Å²) in [5.41, 5.74) is 3.38. The molecule has 0 radical (unpaired) electrons. The van der Waals surface area contributed by atoms with Crippen molar-refractivity contribution in [3.05, 3.63) is 41.7 Å². The number of aromatic amines is 1. The van der Waals surface area contributed by atoms with Crippen LogP contribution in [0.15, 0.2) is 24.7 Å². The Morgan fingerprint density at radius 2 is 2.22 bits per heavy atom. The number of H-pyrrole nitrogens is 1. The maximum Gasteiger partial charge on any atom is 0.232 e. The molecule has 1 N–H and O–H groups in total. The highest BCUT2D eigenvalue weighted by molar-refractivity contribution is 5.84. The molecule has 2 aromatic heterocycles. The molecule has 2 aliphatic rings. The fourth-order valence-corrected chi connectivity index (χ4v) is 4.22. The first kappa shape index (κ1) is 14.5. The van der Waals surface area contributed by atoms with E-state index in [0.29, 0.717) is 0 Å². The number of carbonyl (C=O) groups is 1. The number of aryl methyl sites for hydroxylation is 2. The van der Waals surface area contributed by atoms with Gasteiger partial charge in [-0.1, -0.05) is 0 Å².